The van der Waals surface area contributed by atoms with E-state index < -0.39 is 0 Å². The van der Waals surface area contributed by atoms with Crippen molar-refractivity contribution in [2.45, 2.75) is 32.9 Å². The van der Waals surface area contributed by atoms with Crippen LogP contribution in [0.15, 0.2) is 85.2 Å². The zero-order valence-electron chi connectivity index (χ0n) is 21.9. The van der Waals surface area contributed by atoms with Crippen molar-refractivity contribution in [1.82, 2.24) is 14.9 Å². The van der Waals surface area contributed by atoms with Gasteiger partial charge in [-0.1, -0.05) is 26.0 Å². The van der Waals surface area contributed by atoms with Crippen LogP contribution in [0, 0.1) is 12.8 Å². The molecule has 1 aliphatic heterocycles. The van der Waals surface area contributed by atoms with Crippen LogP contribution in [0.1, 0.15) is 42.9 Å². The van der Waals surface area contributed by atoms with E-state index in [0.717, 1.165) is 39.8 Å². The summed E-state index contributed by atoms with van der Waals surface area (Å²) in [6, 6.07) is 23.7. The summed E-state index contributed by atoms with van der Waals surface area (Å²) in [4.78, 5) is 19.1. The van der Waals surface area contributed by atoms with Gasteiger partial charge >= 0.3 is 0 Å². The Labute approximate surface area is 228 Å². The number of thiocarbonyl (C=S) groups is 1. The van der Waals surface area contributed by atoms with Gasteiger partial charge in [-0.25, -0.2) is 0 Å². The lowest BCUT2D eigenvalue weighted by Crippen LogP contribution is -2.30. The van der Waals surface area contributed by atoms with Gasteiger partial charge in [0.05, 0.1) is 18.8 Å². The summed E-state index contributed by atoms with van der Waals surface area (Å²) < 4.78 is 7.65. The molecule has 0 saturated carbocycles. The first kappa shape index (κ1) is 25.5. The monoisotopic (exact) mass is 525 g/mol. The number of nitrogens with zero attached hydrogens (tertiary/aromatic N) is 3. The van der Waals surface area contributed by atoms with Gasteiger partial charge in [0.2, 0.25) is 5.91 Å². The van der Waals surface area contributed by atoms with Crippen LogP contribution in [0.4, 0.5) is 11.4 Å². The van der Waals surface area contributed by atoms with Crippen LogP contribution in [-0.4, -0.2) is 27.7 Å². The van der Waals surface area contributed by atoms with Crippen molar-refractivity contribution >= 4 is 34.6 Å². The van der Waals surface area contributed by atoms with Gasteiger partial charge in [0.15, 0.2) is 5.11 Å². The second-order valence-electron chi connectivity index (χ2n) is 9.64. The molecule has 0 unspecified atom stereocenters. The van der Waals surface area contributed by atoms with Gasteiger partial charge in [-0.2, -0.15) is 0 Å². The Morgan fingerprint density at radius 1 is 1.05 bits per heavy atom. The van der Waals surface area contributed by atoms with Gasteiger partial charge in [0.1, 0.15) is 11.8 Å². The third-order valence-electron chi connectivity index (χ3n) is 6.78. The molecule has 8 heteroatoms. The molecule has 2 N–H and O–H groups in total. The third kappa shape index (κ3) is 4.87. The molecule has 0 radical (unpaired) electrons. The van der Waals surface area contributed by atoms with E-state index in [1.807, 2.05) is 75.4 Å². The van der Waals surface area contributed by atoms with E-state index in [4.69, 9.17) is 17.0 Å². The molecule has 2 aromatic heterocycles. The first-order chi connectivity index (χ1) is 18.4. The Hall–Kier alpha value is -4.17. The average molecular weight is 526 g/mol. The van der Waals surface area contributed by atoms with Gasteiger partial charge in [0, 0.05) is 47.1 Å². The van der Waals surface area contributed by atoms with Crippen LogP contribution >= 0.6 is 12.2 Å². The van der Waals surface area contributed by atoms with Crippen molar-refractivity contribution in [3.8, 4) is 11.4 Å². The molecule has 1 saturated heterocycles. The number of amides is 1. The van der Waals surface area contributed by atoms with Crippen molar-refractivity contribution in [1.29, 1.82) is 0 Å². The number of hydrogen-bond acceptors (Lipinski definition) is 4. The molecule has 2 aromatic carbocycles. The van der Waals surface area contributed by atoms with Crippen molar-refractivity contribution in [3.05, 3.63) is 102 Å². The molecule has 2 atom stereocenters. The van der Waals surface area contributed by atoms with E-state index in [-0.39, 0.29) is 23.9 Å². The predicted molar refractivity (Wildman–Crippen MR) is 155 cm³/mol. The minimum atomic E-state index is -0.186. The van der Waals surface area contributed by atoms with Gasteiger partial charge in [0.25, 0.3) is 0 Å². The standard InChI is InChI=1S/C30H31N5O2S/c1-19(2)29(36)32-24-14-13-22(17-20(24)3)35-28(27(33-30(35)38)25-11-5-6-15-31-25)26-12-8-16-34(26)21-9-7-10-23(18-21)37-4/h5-19,27-28H,1-4H3,(H,32,36)(H,33,38)/t27-,28+/m0/s1. The average Bonchev–Trinajstić information content (AvgIpc) is 3.54. The van der Waals surface area contributed by atoms with Gasteiger partial charge in [-0.15, -0.1) is 0 Å². The second kappa shape index (κ2) is 10.7. The quantitative estimate of drug-likeness (QED) is 0.290. The Morgan fingerprint density at radius 2 is 1.89 bits per heavy atom. The smallest absolute Gasteiger partial charge is 0.226 e. The number of aryl methyl sites for hydroxylation is 1. The fourth-order valence-corrected chi connectivity index (χ4v) is 5.12. The molecule has 194 valence electrons. The first-order valence-electron chi connectivity index (χ1n) is 12.6. The number of benzene rings is 2. The molecule has 7 nitrogen and oxygen atoms in total. The fourth-order valence-electron chi connectivity index (χ4n) is 4.78. The van der Waals surface area contributed by atoms with E-state index in [1.165, 1.54) is 0 Å². The first-order valence-corrected chi connectivity index (χ1v) is 13.0. The predicted octanol–water partition coefficient (Wildman–Crippen LogP) is 5.96. The summed E-state index contributed by atoms with van der Waals surface area (Å²) in [6.07, 6.45) is 3.85. The number of anilines is 2. The highest BCUT2D eigenvalue weighted by atomic mass is 32.1. The topological polar surface area (TPSA) is 71.4 Å². The molecular weight excluding hydrogens is 494 g/mol. The number of hydrogen-bond donors (Lipinski definition) is 2. The van der Waals surface area contributed by atoms with Gasteiger partial charge < -0.3 is 24.8 Å². The third-order valence-corrected chi connectivity index (χ3v) is 7.10. The summed E-state index contributed by atoms with van der Waals surface area (Å²) in [7, 11) is 1.67. The van der Waals surface area contributed by atoms with Crippen molar-refractivity contribution in [2.75, 3.05) is 17.3 Å². The van der Waals surface area contributed by atoms with Crippen LogP contribution in [0.3, 0.4) is 0 Å². The van der Waals surface area contributed by atoms with Crippen LogP contribution in [0.2, 0.25) is 0 Å². The van der Waals surface area contributed by atoms with E-state index in [2.05, 4.69) is 49.5 Å². The molecule has 0 aliphatic carbocycles. The lowest BCUT2D eigenvalue weighted by atomic mass is 10.00. The summed E-state index contributed by atoms with van der Waals surface area (Å²) in [5.74, 6) is 0.677. The highest BCUT2D eigenvalue weighted by Crippen LogP contribution is 2.43. The number of aromatic nitrogens is 2. The van der Waals surface area contributed by atoms with E-state index in [9.17, 15) is 4.79 Å². The Morgan fingerprint density at radius 3 is 2.61 bits per heavy atom. The molecule has 1 aliphatic rings. The molecule has 1 fully saturated rings. The molecule has 3 heterocycles. The Balaban J connectivity index is 1.60. The minimum Gasteiger partial charge on any atom is -0.497 e. The van der Waals surface area contributed by atoms with E-state index >= 15 is 0 Å². The molecule has 4 aromatic rings. The largest absolute Gasteiger partial charge is 0.497 e. The molecule has 38 heavy (non-hydrogen) atoms. The van der Waals surface area contributed by atoms with E-state index in [0.29, 0.717) is 5.11 Å². The maximum absolute atomic E-state index is 12.3. The number of carbonyl (C=O) groups excluding carboxylic acids is 1. The van der Waals surface area contributed by atoms with Gasteiger partial charge in [-0.05, 0) is 79.3 Å². The zero-order valence-corrected chi connectivity index (χ0v) is 22.7. The highest BCUT2D eigenvalue weighted by Gasteiger charge is 2.42. The van der Waals surface area contributed by atoms with Crippen LogP contribution < -0.4 is 20.3 Å². The number of rotatable bonds is 7. The van der Waals surface area contributed by atoms with E-state index in [1.54, 1.807) is 13.3 Å². The number of pyridine rings is 1. The van der Waals surface area contributed by atoms with Gasteiger partial charge in [-0.3, -0.25) is 9.78 Å². The Kier molecular flexibility index (Phi) is 7.15. The summed E-state index contributed by atoms with van der Waals surface area (Å²) in [5.41, 5.74) is 5.63. The maximum Gasteiger partial charge on any atom is 0.226 e. The number of carbonyl (C=O) groups is 1. The summed E-state index contributed by atoms with van der Waals surface area (Å²) in [5, 5.41) is 7.16. The minimum absolute atomic E-state index is 0.0107. The number of nitrogens with one attached hydrogen (secondary N) is 2. The maximum atomic E-state index is 12.3. The molecular formula is C30H31N5O2S. The van der Waals surface area contributed by atoms with Crippen LogP contribution in [-0.2, 0) is 4.79 Å². The number of methoxy groups -OCH3 is 1. The zero-order chi connectivity index (χ0) is 26.8. The molecule has 5 rings (SSSR count). The van der Waals surface area contributed by atoms with Crippen molar-refractivity contribution in [3.63, 3.8) is 0 Å². The SMILES string of the molecule is COc1cccc(-n2cccc2[C@@H]2[C@H](c3ccccn3)NC(=S)N2c2ccc(NC(=O)C(C)C)c(C)c2)c1. The van der Waals surface area contributed by atoms with Crippen LogP contribution in [0.25, 0.3) is 5.69 Å². The fraction of sp³-hybridized carbons (Fsp3) is 0.233. The highest BCUT2D eigenvalue weighted by molar-refractivity contribution is 7.80. The summed E-state index contributed by atoms with van der Waals surface area (Å²) in [6.45, 7) is 5.76. The van der Waals surface area contributed by atoms with Crippen LogP contribution in [0.5, 0.6) is 5.75 Å². The lowest BCUT2D eigenvalue weighted by molar-refractivity contribution is -0.118. The van der Waals surface area contributed by atoms with Crippen molar-refractivity contribution in [2.24, 2.45) is 5.92 Å². The second-order valence-corrected chi connectivity index (χ2v) is 10.0. The normalized spacial score (nSPS) is 17.0. The molecule has 0 bridgehead atoms. The van der Waals surface area contributed by atoms with Crippen molar-refractivity contribution < 1.29 is 9.53 Å². The number of ether oxygens (including phenoxy) is 1. The lowest BCUT2D eigenvalue weighted by Gasteiger charge is -2.29. The molecule has 0 spiro atoms. The molecule has 1 amide bonds. The summed E-state index contributed by atoms with van der Waals surface area (Å²) >= 11 is 5.92. The Bertz CT molecular complexity index is 1470.